The lowest BCUT2D eigenvalue weighted by Gasteiger charge is -2.26. The number of phenolic OH excluding ortho intramolecular Hbond substituents is 1. The van der Waals surface area contributed by atoms with Gasteiger partial charge in [0.1, 0.15) is 5.75 Å². The maximum Gasteiger partial charge on any atom is 0.270 e. The molecule has 0 spiro atoms. The summed E-state index contributed by atoms with van der Waals surface area (Å²) < 4.78 is 31.9. The Morgan fingerprint density at radius 2 is 1.93 bits per heavy atom. The van der Waals surface area contributed by atoms with Gasteiger partial charge < -0.3 is 9.84 Å². The lowest BCUT2D eigenvalue weighted by Crippen LogP contribution is -2.40. The van der Waals surface area contributed by atoms with Crippen molar-refractivity contribution in [3.05, 3.63) is 58.1 Å². The molecule has 1 saturated heterocycles. The minimum absolute atomic E-state index is 0.0994. The quantitative estimate of drug-likeness (QED) is 0.473. The second-order valence-electron chi connectivity index (χ2n) is 5.77. The van der Waals surface area contributed by atoms with Gasteiger partial charge >= 0.3 is 0 Å². The summed E-state index contributed by atoms with van der Waals surface area (Å²) >= 11 is 0. The van der Waals surface area contributed by atoms with Gasteiger partial charge in [-0.1, -0.05) is 6.07 Å². The van der Waals surface area contributed by atoms with E-state index < -0.39 is 14.9 Å². The number of aliphatic imine (C=N–C) groups is 1. The van der Waals surface area contributed by atoms with Crippen LogP contribution in [-0.2, 0) is 14.8 Å². The third-order valence-corrected chi connectivity index (χ3v) is 5.89. The van der Waals surface area contributed by atoms with E-state index in [9.17, 15) is 23.6 Å². The van der Waals surface area contributed by atoms with Crippen molar-refractivity contribution in [2.75, 3.05) is 26.3 Å². The van der Waals surface area contributed by atoms with E-state index in [0.717, 1.165) is 0 Å². The summed E-state index contributed by atoms with van der Waals surface area (Å²) in [5, 5.41) is 20.7. The Morgan fingerprint density at radius 1 is 1.19 bits per heavy atom. The van der Waals surface area contributed by atoms with Crippen molar-refractivity contribution in [1.82, 2.24) is 4.31 Å². The fourth-order valence-corrected chi connectivity index (χ4v) is 4.01. The van der Waals surface area contributed by atoms with Crippen molar-refractivity contribution in [3.8, 4) is 5.75 Å². The highest BCUT2D eigenvalue weighted by atomic mass is 32.2. The molecule has 0 amide bonds. The number of nitro benzene ring substituents is 1. The van der Waals surface area contributed by atoms with Gasteiger partial charge in [-0.2, -0.15) is 4.31 Å². The number of morpholine rings is 1. The SMILES string of the molecule is O=[N+]([O-])c1ccc(O)c(C=Nc2cccc(S(=O)(=O)N3CCOCC3)c2)c1. The third-order valence-electron chi connectivity index (χ3n) is 4.00. The molecule has 0 aliphatic carbocycles. The number of nitro groups is 1. The average molecular weight is 391 g/mol. The van der Waals surface area contributed by atoms with E-state index in [1.54, 1.807) is 12.1 Å². The Hall–Kier alpha value is -2.82. The smallest absolute Gasteiger partial charge is 0.270 e. The zero-order valence-electron chi connectivity index (χ0n) is 14.2. The molecular weight excluding hydrogens is 374 g/mol. The Balaban J connectivity index is 1.87. The first-order chi connectivity index (χ1) is 12.9. The number of ether oxygens (including phenoxy) is 1. The summed E-state index contributed by atoms with van der Waals surface area (Å²) in [6.45, 7) is 1.28. The molecule has 0 atom stereocenters. The fraction of sp³-hybridized carbons (Fsp3) is 0.235. The zero-order chi connectivity index (χ0) is 19.4. The highest BCUT2D eigenvalue weighted by Crippen LogP contribution is 2.24. The van der Waals surface area contributed by atoms with Crippen LogP contribution >= 0.6 is 0 Å². The lowest BCUT2D eigenvalue weighted by atomic mass is 10.2. The predicted octanol–water partition coefficient (Wildman–Crippen LogP) is 2.07. The van der Waals surface area contributed by atoms with Gasteiger partial charge in [0.05, 0.1) is 28.7 Å². The monoisotopic (exact) mass is 391 g/mol. The van der Waals surface area contributed by atoms with Crippen LogP contribution in [0.4, 0.5) is 11.4 Å². The molecule has 0 bridgehead atoms. The summed E-state index contributed by atoms with van der Waals surface area (Å²) in [4.78, 5) is 14.5. The first-order valence-corrected chi connectivity index (χ1v) is 9.51. The molecule has 2 aromatic rings. The number of hydrogen-bond acceptors (Lipinski definition) is 7. The second-order valence-corrected chi connectivity index (χ2v) is 7.71. The van der Waals surface area contributed by atoms with E-state index in [1.165, 1.54) is 40.9 Å². The molecule has 9 nitrogen and oxygen atoms in total. The van der Waals surface area contributed by atoms with E-state index in [1.807, 2.05) is 0 Å². The highest BCUT2D eigenvalue weighted by molar-refractivity contribution is 7.89. The normalized spacial score (nSPS) is 15.9. The molecule has 0 radical (unpaired) electrons. The molecule has 0 saturated carbocycles. The molecule has 0 aromatic heterocycles. The predicted molar refractivity (Wildman–Crippen MR) is 98.0 cm³/mol. The molecule has 1 heterocycles. The number of sulfonamides is 1. The largest absolute Gasteiger partial charge is 0.507 e. The molecule has 1 fully saturated rings. The summed E-state index contributed by atoms with van der Waals surface area (Å²) in [5.74, 6) is -0.165. The van der Waals surface area contributed by atoms with Gasteiger partial charge in [0, 0.05) is 37.0 Å². The van der Waals surface area contributed by atoms with Crippen molar-refractivity contribution in [1.29, 1.82) is 0 Å². The van der Waals surface area contributed by atoms with E-state index >= 15 is 0 Å². The van der Waals surface area contributed by atoms with Gasteiger partial charge in [0.2, 0.25) is 10.0 Å². The number of nitrogens with zero attached hydrogens (tertiary/aromatic N) is 3. The molecule has 3 rings (SSSR count). The van der Waals surface area contributed by atoms with E-state index in [2.05, 4.69) is 4.99 Å². The number of phenols is 1. The van der Waals surface area contributed by atoms with E-state index in [0.29, 0.717) is 18.9 Å². The molecule has 10 heteroatoms. The molecule has 0 unspecified atom stereocenters. The number of rotatable bonds is 5. The average Bonchev–Trinajstić information content (AvgIpc) is 2.68. The number of non-ortho nitro benzene ring substituents is 1. The topological polar surface area (TPSA) is 122 Å². The maximum atomic E-state index is 12.7. The molecule has 27 heavy (non-hydrogen) atoms. The Labute approximate surface area is 155 Å². The van der Waals surface area contributed by atoms with Crippen LogP contribution in [0.3, 0.4) is 0 Å². The number of hydrogen-bond donors (Lipinski definition) is 1. The van der Waals surface area contributed by atoms with Crippen LogP contribution in [0.5, 0.6) is 5.75 Å². The van der Waals surface area contributed by atoms with Crippen molar-refractivity contribution in [3.63, 3.8) is 0 Å². The van der Waals surface area contributed by atoms with Crippen molar-refractivity contribution < 1.29 is 23.2 Å². The van der Waals surface area contributed by atoms with Crippen molar-refractivity contribution in [2.45, 2.75) is 4.90 Å². The van der Waals surface area contributed by atoms with Crippen LogP contribution in [0, 0.1) is 10.1 Å². The second kappa shape index (κ2) is 7.82. The summed E-state index contributed by atoms with van der Waals surface area (Å²) in [5.41, 5.74) is 0.318. The van der Waals surface area contributed by atoms with Crippen molar-refractivity contribution in [2.24, 2.45) is 4.99 Å². The third kappa shape index (κ3) is 4.30. The lowest BCUT2D eigenvalue weighted by molar-refractivity contribution is -0.384. The van der Waals surface area contributed by atoms with E-state index in [-0.39, 0.29) is 35.0 Å². The van der Waals surface area contributed by atoms with Gasteiger partial charge in [-0.3, -0.25) is 15.1 Å². The minimum atomic E-state index is -3.65. The van der Waals surface area contributed by atoms with Crippen LogP contribution < -0.4 is 0 Å². The molecular formula is C17H17N3O6S. The Bertz CT molecular complexity index is 984. The first kappa shape index (κ1) is 19.0. The van der Waals surface area contributed by atoms with E-state index in [4.69, 9.17) is 4.74 Å². The number of aromatic hydroxyl groups is 1. The first-order valence-electron chi connectivity index (χ1n) is 8.07. The highest BCUT2D eigenvalue weighted by Gasteiger charge is 2.26. The van der Waals surface area contributed by atoms with Crippen LogP contribution in [0.15, 0.2) is 52.4 Å². The van der Waals surface area contributed by atoms with Gasteiger partial charge in [-0.15, -0.1) is 0 Å². The molecule has 142 valence electrons. The van der Waals surface area contributed by atoms with Gasteiger partial charge in [0.15, 0.2) is 0 Å². The standard InChI is InChI=1S/C17H17N3O6S/c21-17-5-4-15(20(22)23)10-13(17)12-18-14-2-1-3-16(11-14)27(24,25)19-6-8-26-9-7-19/h1-5,10-12,21H,6-9H2. The Kier molecular flexibility index (Phi) is 5.49. The van der Waals surface area contributed by atoms with Crippen molar-refractivity contribution >= 4 is 27.6 Å². The van der Waals surface area contributed by atoms with Crippen LogP contribution in [0.25, 0.3) is 0 Å². The van der Waals surface area contributed by atoms with Gasteiger partial charge in [-0.25, -0.2) is 8.42 Å². The maximum absolute atomic E-state index is 12.7. The van der Waals surface area contributed by atoms with Crippen LogP contribution in [0.2, 0.25) is 0 Å². The van der Waals surface area contributed by atoms with Crippen LogP contribution in [0.1, 0.15) is 5.56 Å². The molecule has 1 aliphatic rings. The molecule has 2 aromatic carbocycles. The summed E-state index contributed by atoms with van der Waals surface area (Å²) in [6, 6.07) is 9.63. The summed E-state index contributed by atoms with van der Waals surface area (Å²) in [7, 11) is -3.65. The minimum Gasteiger partial charge on any atom is -0.507 e. The van der Waals surface area contributed by atoms with Gasteiger partial charge in [-0.05, 0) is 24.3 Å². The number of benzene rings is 2. The van der Waals surface area contributed by atoms with Gasteiger partial charge in [0.25, 0.3) is 5.69 Å². The zero-order valence-corrected chi connectivity index (χ0v) is 15.0. The molecule has 1 aliphatic heterocycles. The summed E-state index contributed by atoms with van der Waals surface area (Å²) in [6.07, 6.45) is 1.25. The fourth-order valence-electron chi connectivity index (χ4n) is 2.56. The Morgan fingerprint density at radius 3 is 2.63 bits per heavy atom. The van der Waals surface area contributed by atoms with Crippen LogP contribution in [-0.4, -0.2) is 55.3 Å². The molecule has 1 N–H and O–H groups in total.